The molecule has 4 heteroatoms. The van der Waals surface area contributed by atoms with Crippen LogP contribution in [0, 0.1) is 0 Å². The van der Waals surface area contributed by atoms with Crippen molar-refractivity contribution in [3.63, 3.8) is 0 Å². The minimum atomic E-state index is -0.994. The topological polar surface area (TPSA) is 59.7 Å². The van der Waals surface area contributed by atoms with Gasteiger partial charge in [-0.1, -0.05) is 13.8 Å². The van der Waals surface area contributed by atoms with Gasteiger partial charge < -0.3 is 14.3 Å². The van der Waals surface area contributed by atoms with E-state index in [1.54, 1.807) is 6.07 Å². The Hall–Kier alpha value is -1.29. The van der Waals surface area contributed by atoms with Crippen LogP contribution < -0.4 is 0 Å². The Morgan fingerprint density at radius 2 is 2.07 bits per heavy atom. The first-order valence-corrected chi connectivity index (χ1v) is 4.98. The van der Waals surface area contributed by atoms with Crippen LogP contribution in [0.2, 0.25) is 0 Å². The van der Waals surface area contributed by atoms with E-state index in [9.17, 15) is 9.90 Å². The van der Waals surface area contributed by atoms with Gasteiger partial charge in [0, 0.05) is 0 Å². The zero-order valence-corrected chi connectivity index (χ0v) is 9.24. The highest BCUT2D eigenvalue weighted by molar-refractivity contribution is 5.86. The Morgan fingerprint density at radius 1 is 1.47 bits per heavy atom. The molecule has 0 atom stereocenters. The maximum atomic E-state index is 11.1. The monoisotopic (exact) mass is 212 g/mol. The van der Waals surface area contributed by atoms with Crippen LogP contribution in [-0.2, 0) is 10.3 Å². The second-order valence-corrected chi connectivity index (χ2v) is 3.39. The molecule has 1 heterocycles. The molecule has 4 nitrogen and oxygen atoms in total. The van der Waals surface area contributed by atoms with Gasteiger partial charge in [-0.3, -0.25) is 0 Å². The lowest BCUT2D eigenvalue weighted by atomic mass is 9.95. The molecule has 0 saturated carbocycles. The summed E-state index contributed by atoms with van der Waals surface area (Å²) in [5, 5.41) is 10.1. The van der Waals surface area contributed by atoms with Crippen LogP contribution in [0.3, 0.4) is 0 Å². The molecular formula is C11H16O4. The van der Waals surface area contributed by atoms with Crippen molar-refractivity contribution in [1.82, 2.24) is 0 Å². The number of aliphatic hydroxyl groups is 1. The number of esters is 1. The van der Waals surface area contributed by atoms with E-state index in [2.05, 4.69) is 4.74 Å². The molecule has 0 amide bonds. The Bertz CT molecular complexity index is 336. The van der Waals surface area contributed by atoms with Crippen molar-refractivity contribution in [2.24, 2.45) is 0 Å². The van der Waals surface area contributed by atoms with Gasteiger partial charge in [-0.25, -0.2) is 4.79 Å². The van der Waals surface area contributed by atoms with Crippen LogP contribution in [0.1, 0.15) is 43.0 Å². The maximum Gasteiger partial charge on any atom is 0.373 e. The van der Waals surface area contributed by atoms with Gasteiger partial charge in [0.1, 0.15) is 11.4 Å². The number of ether oxygens (including phenoxy) is 1. The van der Waals surface area contributed by atoms with Crippen molar-refractivity contribution in [2.75, 3.05) is 7.11 Å². The standard InChI is InChI=1S/C11H16O4/c1-4-11(13,5-2)9-7-6-8(15-9)10(12)14-3/h6-7,13H,4-5H2,1-3H3. The fourth-order valence-electron chi connectivity index (χ4n) is 1.40. The highest BCUT2D eigenvalue weighted by Gasteiger charge is 2.29. The minimum absolute atomic E-state index is 0.118. The van der Waals surface area contributed by atoms with E-state index in [1.165, 1.54) is 13.2 Å². The molecule has 1 rings (SSSR count). The number of carbonyl (C=O) groups is 1. The van der Waals surface area contributed by atoms with E-state index in [4.69, 9.17) is 4.42 Å². The largest absolute Gasteiger partial charge is 0.463 e. The van der Waals surface area contributed by atoms with Crippen molar-refractivity contribution in [1.29, 1.82) is 0 Å². The SMILES string of the molecule is CCC(O)(CC)c1ccc(C(=O)OC)o1. The highest BCUT2D eigenvalue weighted by Crippen LogP contribution is 2.29. The highest BCUT2D eigenvalue weighted by atomic mass is 16.5. The second kappa shape index (κ2) is 4.49. The number of methoxy groups -OCH3 is 1. The van der Waals surface area contributed by atoms with Gasteiger partial charge >= 0.3 is 5.97 Å². The molecule has 1 aromatic rings. The molecular weight excluding hydrogens is 196 g/mol. The lowest BCUT2D eigenvalue weighted by Gasteiger charge is -2.22. The lowest BCUT2D eigenvalue weighted by molar-refractivity contribution is 0.00512. The third-order valence-electron chi connectivity index (χ3n) is 2.62. The van der Waals surface area contributed by atoms with E-state index in [0.717, 1.165) is 0 Å². The molecule has 0 aliphatic carbocycles. The van der Waals surface area contributed by atoms with Crippen molar-refractivity contribution < 1.29 is 19.1 Å². The molecule has 0 radical (unpaired) electrons. The Morgan fingerprint density at radius 3 is 2.53 bits per heavy atom. The average molecular weight is 212 g/mol. The van der Waals surface area contributed by atoms with E-state index in [0.29, 0.717) is 18.6 Å². The van der Waals surface area contributed by atoms with Crippen LogP contribution in [0.15, 0.2) is 16.5 Å². The maximum absolute atomic E-state index is 11.1. The van der Waals surface area contributed by atoms with Crippen molar-refractivity contribution in [3.05, 3.63) is 23.7 Å². The number of hydrogen-bond donors (Lipinski definition) is 1. The molecule has 1 N–H and O–H groups in total. The first-order valence-electron chi connectivity index (χ1n) is 4.98. The van der Waals surface area contributed by atoms with Crippen LogP contribution >= 0.6 is 0 Å². The molecule has 0 bridgehead atoms. The number of carbonyl (C=O) groups excluding carboxylic acids is 1. The molecule has 0 fully saturated rings. The van der Waals surface area contributed by atoms with Crippen molar-refractivity contribution in [2.45, 2.75) is 32.3 Å². The minimum Gasteiger partial charge on any atom is -0.463 e. The number of furan rings is 1. The van der Waals surface area contributed by atoms with E-state index in [-0.39, 0.29) is 5.76 Å². The summed E-state index contributed by atoms with van der Waals surface area (Å²) in [4.78, 5) is 11.1. The summed E-state index contributed by atoms with van der Waals surface area (Å²) in [5.41, 5.74) is -0.994. The van der Waals surface area contributed by atoms with E-state index >= 15 is 0 Å². The smallest absolute Gasteiger partial charge is 0.373 e. The van der Waals surface area contributed by atoms with Gasteiger partial charge in [0.15, 0.2) is 0 Å². The molecule has 0 unspecified atom stereocenters. The molecule has 0 saturated heterocycles. The van der Waals surface area contributed by atoms with Crippen LogP contribution in [0.25, 0.3) is 0 Å². The molecule has 0 aliphatic rings. The molecule has 15 heavy (non-hydrogen) atoms. The van der Waals surface area contributed by atoms with Crippen LogP contribution in [0.4, 0.5) is 0 Å². The quantitative estimate of drug-likeness (QED) is 0.776. The average Bonchev–Trinajstić information content (AvgIpc) is 2.76. The predicted molar refractivity (Wildman–Crippen MR) is 54.5 cm³/mol. The normalized spacial score (nSPS) is 11.5. The van der Waals surface area contributed by atoms with Gasteiger partial charge in [-0.2, -0.15) is 0 Å². The van der Waals surface area contributed by atoms with E-state index < -0.39 is 11.6 Å². The summed E-state index contributed by atoms with van der Waals surface area (Å²) < 4.78 is 9.77. The van der Waals surface area contributed by atoms with Crippen LogP contribution in [-0.4, -0.2) is 18.2 Å². The fraction of sp³-hybridized carbons (Fsp3) is 0.545. The van der Waals surface area contributed by atoms with Gasteiger partial charge in [0.2, 0.25) is 5.76 Å². The second-order valence-electron chi connectivity index (χ2n) is 3.39. The molecule has 0 spiro atoms. The Labute approximate surface area is 88.8 Å². The Kier molecular flexibility index (Phi) is 3.52. The number of hydrogen-bond acceptors (Lipinski definition) is 4. The molecule has 0 aliphatic heterocycles. The summed E-state index contributed by atoms with van der Waals surface area (Å²) in [7, 11) is 1.29. The lowest BCUT2D eigenvalue weighted by Crippen LogP contribution is -2.22. The van der Waals surface area contributed by atoms with Crippen LogP contribution in [0.5, 0.6) is 0 Å². The van der Waals surface area contributed by atoms with E-state index in [1.807, 2.05) is 13.8 Å². The van der Waals surface area contributed by atoms with Gasteiger partial charge in [0.05, 0.1) is 7.11 Å². The predicted octanol–water partition coefficient (Wildman–Crippen LogP) is 2.07. The van der Waals surface area contributed by atoms with Crippen molar-refractivity contribution in [3.8, 4) is 0 Å². The molecule has 1 aromatic heterocycles. The summed E-state index contributed by atoms with van der Waals surface area (Å²) in [6, 6.07) is 3.12. The third kappa shape index (κ3) is 2.21. The summed E-state index contributed by atoms with van der Waals surface area (Å²) in [6.07, 6.45) is 1.08. The zero-order chi connectivity index (χ0) is 11.5. The van der Waals surface area contributed by atoms with Gasteiger partial charge in [0.25, 0.3) is 0 Å². The van der Waals surface area contributed by atoms with Crippen molar-refractivity contribution >= 4 is 5.97 Å². The number of rotatable bonds is 4. The summed E-state index contributed by atoms with van der Waals surface area (Å²) >= 11 is 0. The zero-order valence-electron chi connectivity index (χ0n) is 9.24. The van der Waals surface area contributed by atoms with Gasteiger partial charge in [-0.15, -0.1) is 0 Å². The van der Waals surface area contributed by atoms with Gasteiger partial charge in [-0.05, 0) is 25.0 Å². The first-order chi connectivity index (χ1) is 7.07. The Balaban J connectivity index is 2.97. The molecule has 0 aromatic carbocycles. The summed E-state index contributed by atoms with van der Waals surface area (Å²) in [6.45, 7) is 3.73. The summed E-state index contributed by atoms with van der Waals surface area (Å²) in [5.74, 6) is -0.00321. The molecule has 84 valence electrons. The fourth-order valence-corrected chi connectivity index (χ4v) is 1.40. The third-order valence-corrected chi connectivity index (χ3v) is 2.62. The first kappa shape index (κ1) is 11.8.